The summed E-state index contributed by atoms with van der Waals surface area (Å²) in [6, 6.07) is 4.49. The van der Waals surface area contributed by atoms with Gasteiger partial charge in [-0.05, 0) is 12.1 Å². The Morgan fingerprint density at radius 1 is 1.22 bits per heavy atom. The molecule has 27 heavy (non-hydrogen) atoms. The van der Waals surface area contributed by atoms with Gasteiger partial charge < -0.3 is 14.4 Å². The number of nitro groups is 1. The van der Waals surface area contributed by atoms with E-state index in [1.165, 1.54) is 12.3 Å². The van der Waals surface area contributed by atoms with E-state index in [0.717, 1.165) is 0 Å². The maximum Gasteiger partial charge on any atom is 0.293 e. The van der Waals surface area contributed by atoms with Crippen molar-refractivity contribution in [2.75, 3.05) is 31.1 Å². The fourth-order valence-corrected chi connectivity index (χ4v) is 3.21. The van der Waals surface area contributed by atoms with Crippen LogP contribution in [0.5, 0.6) is 0 Å². The SMILES string of the molecule is CCC(=O)N1CCN(c2ccc(C(=O)c3nccn3C)cc2[N+](=O)[O-])CC1. The van der Waals surface area contributed by atoms with Crippen molar-refractivity contribution in [2.24, 2.45) is 7.05 Å². The van der Waals surface area contributed by atoms with Gasteiger partial charge in [0.1, 0.15) is 5.69 Å². The Kier molecular flexibility index (Phi) is 5.20. The highest BCUT2D eigenvalue weighted by Crippen LogP contribution is 2.30. The first-order valence-electron chi connectivity index (χ1n) is 8.75. The summed E-state index contributed by atoms with van der Waals surface area (Å²) in [5.41, 5.74) is 0.560. The highest BCUT2D eigenvalue weighted by atomic mass is 16.6. The Morgan fingerprint density at radius 2 is 1.93 bits per heavy atom. The van der Waals surface area contributed by atoms with Gasteiger partial charge in [-0.2, -0.15) is 0 Å². The number of anilines is 1. The zero-order valence-corrected chi connectivity index (χ0v) is 15.3. The van der Waals surface area contributed by atoms with Crippen molar-refractivity contribution in [3.8, 4) is 0 Å². The number of piperazine rings is 1. The molecule has 1 aliphatic heterocycles. The number of nitro benzene ring substituents is 1. The molecule has 9 heteroatoms. The molecule has 9 nitrogen and oxygen atoms in total. The fourth-order valence-electron chi connectivity index (χ4n) is 3.21. The number of nitrogens with zero attached hydrogens (tertiary/aromatic N) is 5. The minimum Gasteiger partial charge on any atom is -0.362 e. The van der Waals surface area contributed by atoms with Crippen LogP contribution in [0.25, 0.3) is 0 Å². The van der Waals surface area contributed by atoms with Crippen LogP contribution in [0, 0.1) is 10.1 Å². The fraction of sp³-hybridized carbons (Fsp3) is 0.389. The molecule has 1 aromatic carbocycles. The van der Waals surface area contributed by atoms with E-state index >= 15 is 0 Å². The van der Waals surface area contributed by atoms with Crippen molar-refractivity contribution in [2.45, 2.75) is 13.3 Å². The molecule has 0 bridgehead atoms. The van der Waals surface area contributed by atoms with Crippen molar-refractivity contribution in [1.82, 2.24) is 14.5 Å². The Labute approximate surface area is 156 Å². The van der Waals surface area contributed by atoms with E-state index in [4.69, 9.17) is 0 Å². The van der Waals surface area contributed by atoms with E-state index in [1.54, 1.807) is 34.8 Å². The first-order valence-corrected chi connectivity index (χ1v) is 8.75. The average molecular weight is 371 g/mol. The summed E-state index contributed by atoms with van der Waals surface area (Å²) in [7, 11) is 1.69. The maximum atomic E-state index is 12.6. The lowest BCUT2D eigenvalue weighted by Gasteiger charge is -2.35. The van der Waals surface area contributed by atoms with Crippen LogP contribution in [0.2, 0.25) is 0 Å². The second-order valence-electron chi connectivity index (χ2n) is 6.37. The second-order valence-corrected chi connectivity index (χ2v) is 6.37. The molecule has 1 amide bonds. The van der Waals surface area contributed by atoms with Crippen LogP contribution in [0.4, 0.5) is 11.4 Å². The first-order chi connectivity index (χ1) is 12.9. The maximum absolute atomic E-state index is 12.6. The van der Waals surface area contributed by atoms with Crippen LogP contribution in [0.15, 0.2) is 30.6 Å². The van der Waals surface area contributed by atoms with Crippen LogP contribution >= 0.6 is 0 Å². The minimum atomic E-state index is -0.478. The Hall–Kier alpha value is -3.23. The van der Waals surface area contributed by atoms with Crippen molar-refractivity contribution in [1.29, 1.82) is 0 Å². The largest absolute Gasteiger partial charge is 0.362 e. The van der Waals surface area contributed by atoms with Crippen LogP contribution < -0.4 is 4.90 Å². The summed E-state index contributed by atoms with van der Waals surface area (Å²) in [5, 5.41) is 11.6. The third-order valence-electron chi connectivity index (χ3n) is 4.73. The molecule has 0 spiro atoms. The number of carbonyl (C=O) groups is 2. The lowest BCUT2D eigenvalue weighted by atomic mass is 10.1. The number of benzene rings is 1. The third-order valence-corrected chi connectivity index (χ3v) is 4.73. The molecule has 0 N–H and O–H groups in total. The van der Waals surface area contributed by atoms with Crippen molar-refractivity contribution in [3.63, 3.8) is 0 Å². The number of hydrogen-bond acceptors (Lipinski definition) is 6. The summed E-state index contributed by atoms with van der Waals surface area (Å²) in [6.45, 7) is 3.89. The number of aromatic nitrogens is 2. The molecular weight excluding hydrogens is 350 g/mol. The van der Waals surface area contributed by atoms with E-state index < -0.39 is 4.92 Å². The first kappa shape index (κ1) is 18.6. The van der Waals surface area contributed by atoms with Gasteiger partial charge in [-0.1, -0.05) is 6.92 Å². The normalized spacial score (nSPS) is 14.3. The molecule has 0 atom stereocenters. The van der Waals surface area contributed by atoms with Gasteiger partial charge in [0.25, 0.3) is 5.69 Å². The highest BCUT2D eigenvalue weighted by molar-refractivity contribution is 6.07. The van der Waals surface area contributed by atoms with E-state index in [0.29, 0.717) is 38.3 Å². The third kappa shape index (κ3) is 3.67. The number of hydrogen-bond donors (Lipinski definition) is 0. The number of rotatable bonds is 5. The van der Waals surface area contributed by atoms with Gasteiger partial charge in [0, 0.05) is 63.7 Å². The van der Waals surface area contributed by atoms with Gasteiger partial charge in [0.2, 0.25) is 11.7 Å². The molecule has 0 unspecified atom stereocenters. The minimum absolute atomic E-state index is 0.0835. The quantitative estimate of drug-likeness (QED) is 0.450. The molecule has 3 rings (SSSR count). The Morgan fingerprint density at radius 3 is 2.48 bits per heavy atom. The van der Waals surface area contributed by atoms with Gasteiger partial charge in [0.15, 0.2) is 5.82 Å². The van der Waals surface area contributed by atoms with E-state index in [2.05, 4.69) is 4.98 Å². The van der Waals surface area contributed by atoms with Gasteiger partial charge in [-0.15, -0.1) is 0 Å². The van der Waals surface area contributed by atoms with Gasteiger partial charge in [0.05, 0.1) is 4.92 Å². The molecule has 1 saturated heterocycles. The second kappa shape index (κ2) is 7.56. The predicted molar refractivity (Wildman–Crippen MR) is 98.8 cm³/mol. The number of amides is 1. The summed E-state index contributed by atoms with van der Waals surface area (Å²) >= 11 is 0. The van der Waals surface area contributed by atoms with E-state index in [1.807, 2.05) is 11.8 Å². The zero-order valence-electron chi connectivity index (χ0n) is 15.3. The number of imidazole rings is 1. The lowest BCUT2D eigenvalue weighted by Crippen LogP contribution is -2.48. The van der Waals surface area contributed by atoms with Crippen molar-refractivity contribution < 1.29 is 14.5 Å². The summed E-state index contributed by atoms with van der Waals surface area (Å²) in [6.07, 6.45) is 3.60. The average Bonchev–Trinajstić information content (AvgIpc) is 3.12. The lowest BCUT2D eigenvalue weighted by molar-refractivity contribution is -0.384. The molecule has 2 aromatic rings. The molecular formula is C18H21N5O4. The van der Waals surface area contributed by atoms with E-state index in [-0.39, 0.29) is 28.8 Å². The van der Waals surface area contributed by atoms with E-state index in [9.17, 15) is 19.7 Å². The predicted octanol–water partition coefficient (Wildman–Crippen LogP) is 1.62. The summed E-state index contributed by atoms with van der Waals surface area (Å²) in [5.74, 6) is -0.0561. The highest BCUT2D eigenvalue weighted by Gasteiger charge is 2.27. The molecule has 0 aliphatic carbocycles. The van der Waals surface area contributed by atoms with Gasteiger partial charge in [-0.25, -0.2) is 4.98 Å². The Balaban J connectivity index is 1.85. The number of ketones is 1. The van der Waals surface area contributed by atoms with Gasteiger partial charge >= 0.3 is 0 Å². The molecule has 0 saturated carbocycles. The number of carbonyl (C=O) groups excluding carboxylic acids is 2. The van der Waals surface area contributed by atoms with Crippen molar-refractivity contribution in [3.05, 3.63) is 52.1 Å². The monoisotopic (exact) mass is 371 g/mol. The van der Waals surface area contributed by atoms with Crippen LogP contribution in [0.3, 0.4) is 0 Å². The molecule has 1 aliphatic rings. The molecule has 1 fully saturated rings. The smallest absolute Gasteiger partial charge is 0.293 e. The van der Waals surface area contributed by atoms with Gasteiger partial charge in [-0.3, -0.25) is 19.7 Å². The molecule has 2 heterocycles. The summed E-state index contributed by atoms with van der Waals surface area (Å²) in [4.78, 5) is 43.1. The standard InChI is InChI=1S/C18H21N5O4/c1-3-16(24)22-10-8-21(9-11-22)14-5-4-13(12-15(14)23(26)27)17(25)18-19-6-7-20(18)2/h4-7,12H,3,8-11H2,1-2H3. The Bertz CT molecular complexity index is 884. The van der Waals surface area contributed by atoms with Crippen LogP contribution in [0.1, 0.15) is 29.5 Å². The topological polar surface area (TPSA) is 102 Å². The molecule has 0 radical (unpaired) electrons. The van der Waals surface area contributed by atoms with Crippen LogP contribution in [-0.2, 0) is 11.8 Å². The molecule has 142 valence electrons. The molecule has 1 aromatic heterocycles. The summed E-state index contributed by atoms with van der Waals surface area (Å²) < 4.78 is 1.58. The zero-order chi connectivity index (χ0) is 19.6. The van der Waals surface area contributed by atoms with Crippen LogP contribution in [-0.4, -0.2) is 57.2 Å². The van der Waals surface area contributed by atoms with Crippen molar-refractivity contribution >= 4 is 23.1 Å². The number of aryl methyl sites for hydroxylation is 1.